The van der Waals surface area contributed by atoms with Gasteiger partial charge in [-0.2, -0.15) is 0 Å². The lowest BCUT2D eigenvalue weighted by Gasteiger charge is -2.37. The van der Waals surface area contributed by atoms with Crippen LogP contribution in [0, 0.1) is 5.92 Å². The molecule has 4 heteroatoms. The zero-order valence-corrected chi connectivity index (χ0v) is 11.1. The van der Waals surface area contributed by atoms with Gasteiger partial charge in [-0.05, 0) is 52.1 Å². The maximum absolute atomic E-state index is 11.7. The molecule has 0 aromatic rings. The predicted molar refractivity (Wildman–Crippen MR) is 67.2 cm³/mol. The van der Waals surface area contributed by atoms with Crippen molar-refractivity contribution >= 4 is 5.97 Å². The van der Waals surface area contributed by atoms with Crippen LogP contribution in [-0.4, -0.2) is 48.8 Å². The van der Waals surface area contributed by atoms with E-state index in [1.54, 1.807) is 0 Å². The summed E-state index contributed by atoms with van der Waals surface area (Å²) < 4.78 is 10.8. The number of nitrogens with zero attached hydrogens (tertiary/aromatic N) is 1. The maximum Gasteiger partial charge on any atom is 0.309 e. The highest BCUT2D eigenvalue weighted by Gasteiger charge is 2.49. The number of esters is 1. The van der Waals surface area contributed by atoms with Crippen LogP contribution in [0.4, 0.5) is 0 Å². The second-order valence-electron chi connectivity index (χ2n) is 5.70. The van der Waals surface area contributed by atoms with E-state index in [-0.39, 0.29) is 11.9 Å². The van der Waals surface area contributed by atoms with Crippen LogP contribution in [0.1, 0.15) is 39.0 Å². The summed E-state index contributed by atoms with van der Waals surface area (Å²) >= 11 is 0. The van der Waals surface area contributed by atoms with Gasteiger partial charge < -0.3 is 9.47 Å². The van der Waals surface area contributed by atoms with E-state index < -0.39 is 0 Å². The Bertz CT molecular complexity index is 312. The molecule has 1 saturated carbocycles. The molecule has 1 aliphatic carbocycles. The molecule has 0 N–H and O–H groups in total. The van der Waals surface area contributed by atoms with E-state index in [0.29, 0.717) is 24.9 Å². The van der Waals surface area contributed by atoms with Crippen LogP contribution in [0.3, 0.4) is 0 Å². The smallest absolute Gasteiger partial charge is 0.309 e. The molecule has 2 saturated heterocycles. The number of hydrogen-bond donors (Lipinski definition) is 0. The topological polar surface area (TPSA) is 42.1 Å². The van der Waals surface area contributed by atoms with Crippen molar-refractivity contribution < 1.29 is 14.3 Å². The van der Waals surface area contributed by atoms with Gasteiger partial charge in [0.15, 0.2) is 0 Å². The molecular formula is C14H23NO3. The molecule has 3 unspecified atom stereocenters. The maximum atomic E-state index is 11.7. The fraction of sp³-hybridized carbons (Fsp3) is 0.929. The Kier molecular flexibility index (Phi) is 3.57. The summed E-state index contributed by atoms with van der Waals surface area (Å²) in [7, 11) is 0. The summed E-state index contributed by atoms with van der Waals surface area (Å²) in [6, 6.07) is 0.617. The molecule has 3 fully saturated rings. The lowest BCUT2D eigenvalue weighted by atomic mass is 9.90. The van der Waals surface area contributed by atoms with Gasteiger partial charge in [0.25, 0.3) is 0 Å². The summed E-state index contributed by atoms with van der Waals surface area (Å²) in [5, 5.41) is 0. The lowest BCUT2D eigenvalue weighted by molar-refractivity contribution is -0.149. The number of epoxide rings is 1. The second kappa shape index (κ2) is 5.17. The molecule has 0 radical (unpaired) electrons. The standard InChI is InChI=1S/C14H23NO3/c1-2-17-14(16)10-6-8-15(9-7-10)11-4-3-5-12-13(11)18-12/h10-13H,2-9H2,1H3. The SMILES string of the molecule is CCOC(=O)C1CCN(C2CCCC3OC32)CC1. The minimum Gasteiger partial charge on any atom is -0.466 e. The zero-order valence-electron chi connectivity index (χ0n) is 11.1. The van der Waals surface area contributed by atoms with Gasteiger partial charge in [0.1, 0.15) is 0 Å². The lowest BCUT2D eigenvalue weighted by Crippen LogP contribution is -2.47. The van der Waals surface area contributed by atoms with Crippen LogP contribution in [0.2, 0.25) is 0 Å². The zero-order chi connectivity index (χ0) is 12.5. The van der Waals surface area contributed by atoms with Gasteiger partial charge in [0.2, 0.25) is 0 Å². The fourth-order valence-electron chi connectivity index (χ4n) is 3.54. The molecule has 2 heterocycles. The summed E-state index contributed by atoms with van der Waals surface area (Å²) in [6.07, 6.45) is 6.76. The number of fused-ring (bicyclic) bond motifs is 1. The van der Waals surface area contributed by atoms with Gasteiger partial charge >= 0.3 is 5.97 Å². The first kappa shape index (κ1) is 12.4. The normalized spacial score (nSPS) is 37.1. The van der Waals surface area contributed by atoms with E-state index in [9.17, 15) is 4.79 Å². The highest BCUT2D eigenvalue weighted by atomic mass is 16.6. The van der Waals surface area contributed by atoms with Crippen molar-refractivity contribution in [3.8, 4) is 0 Å². The first-order valence-electron chi connectivity index (χ1n) is 7.35. The third-order valence-corrected chi connectivity index (χ3v) is 4.61. The average Bonchev–Trinajstić information content (AvgIpc) is 3.18. The van der Waals surface area contributed by atoms with Crippen LogP contribution in [0.15, 0.2) is 0 Å². The predicted octanol–water partition coefficient (Wildman–Crippen LogP) is 1.58. The number of hydrogen-bond acceptors (Lipinski definition) is 4. The molecule has 0 amide bonds. The minimum atomic E-state index is 0.00124. The van der Waals surface area contributed by atoms with E-state index in [2.05, 4.69) is 4.90 Å². The van der Waals surface area contributed by atoms with Crippen LogP contribution in [0.25, 0.3) is 0 Å². The Labute approximate surface area is 109 Å². The number of piperidine rings is 1. The van der Waals surface area contributed by atoms with Crippen molar-refractivity contribution in [3.05, 3.63) is 0 Å². The minimum absolute atomic E-state index is 0.00124. The molecule has 4 nitrogen and oxygen atoms in total. The van der Waals surface area contributed by atoms with Crippen molar-refractivity contribution in [1.82, 2.24) is 4.90 Å². The monoisotopic (exact) mass is 253 g/mol. The summed E-state index contributed by atoms with van der Waals surface area (Å²) in [5.41, 5.74) is 0. The molecule has 0 spiro atoms. The number of carbonyl (C=O) groups excluding carboxylic acids is 1. The molecule has 3 rings (SSSR count). The van der Waals surface area contributed by atoms with Gasteiger partial charge in [-0.3, -0.25) is 9.69 Å². The number of rotatable bonds is 3. The van der Waals surface area contributed by atoms with Gasteiger partial charge in [0.05, 0.1) is 24.7 Å². The van der Waals surface area contributed by atoms with Crippen LogP contribution in [-0.2, 0) is 14.3 Å². The molecule has 0 aromatic heterocycles. The van der Waals surface area contributed by atoms with E-state index in [1.165, 1.54) is 19.3 Å². The summed E-state index contributed by atoms with van der Waals surface area (Å²) in [6.45, 7) is 4.43. The molecule has 3 atom stereocenters. The van der Waals surface area contributed by atoms with E-state index >= 15 is 0 Å². The Morgan fingerprint density at radius 2 is 2.06 bits per heavy atom. The Morgan fingerprint density at radius 3 is 2.78 bits per heavy atom. The Hall–Kier alpha value is -0.610. The molecule has 0 bridgehead atoms. The quantitative estimate of drug-likeness (QED) is 0.566. The Morgan fingerprint density at radius 1 is 1.28 bits per heavy atom. The fourth-order valence-corrected chi connectivity index (χ4v) is 3.54. The van der Waals surface area contributed by atoms with Gasteiger partial charge in [-0.1, -0.05) is 0 Å². The average molecular weight is 253 g/mol. The van der Waals surface area contributed by atoms with Crippen LogP contribution >= 0.6 is 0 Å². The highest BCUT2D eigenvalue weighted by Crippen LogP contribution is 2.40. The van der Waals surface area contributed by atoms with Crippen molar-refractivity contribution in [2.75, 3.05) is 19.7 Å². The molecule has 2 aliphatic heterocycles. The number of ether oxygens (including phenoxy) is 2. The van der Waals surface area contributed by atoms with Crippen molar-refractivity contribution in [2.45, 2.75) is 57.3 Å². The first-order valence-corrected chi connectivity index (χ1v) is 7.35. The van der Waals surface area contributed by atoms with Crippen LogP contribution < -0.4 is 0 Å². The van der Waals surface area contributed by atoms with Crippen molar-refractivity contribution in [3.63, 3.8) is 0 Å². The van der Waals surface area contributed by atoms with Gasteiger partial charge in [-0.25, -0.2) is 0 Å². The van der Waals surface area contributed by atoms with Gasteiger partial charge in [-0.15, -0.1) is 0 Å². The highest BCUT2D eigenvalue weighted by molar-refractivity contribution is 5.72. The summed E-state index contributed by atoms with van der Waals surface area (Å²) in [4.78, 5) is 14.2. The number of carbonyl (C=O) groups is 1. The van der Waals surface area contributed by atoms with E-state index in [1.807, 2.05) is 6.92 Å². The molecule has 3 aliphatic rings. The van der Waals surface area contributed by atoms with E-state index in [4.69, 9.17) is 9.47 Å². The third-order valence-electron chi connectivity index (χ3n) is 4.61. The molecule has 18 heavy (non-hydrogen) atoms. The molecular weight excluding hydrogens is 230 g/mol. The van der Waals surface area contributed by atoms with Crippen molar-refractivity contribution in [1.29, 1.82) is 0 Å². The number of likely N-dealkylation sites (tertiary alicyclic amines) is 1. The molecule has 0 aromatic carbocycles. The largest absolute Gasteiger partial charge is 0.466 e. The Balaban J connectivity index is 1.49. The van der Waals surface area contributed by atoms with E-state index in [0.717, 1.165) is 25.9 Å². The summed E-state index contributed by atoms with van der Waals surface area (Å²) in [5.74, 6) is 0.127. The third kappa shape index (κ3) is 2.41. The van der Waals surface area contributed by atoms with Crippen molar-refractivity contribution in [2.24, 2.45) is 5.92 Å². The van der Waals surface area contributed by atoms with Crippen LogP contribution in [0.5, 0.6) is 0 Å². The molecule has 102 valence electrons. The first-order chi connectivity index (χ1) is 8.79. The van der Waals surface area contributed by atoms with Gasteiger partial charge in [0, 0.05) is 6.04 Å². The second-order valence-corrected chi connectivity index (χ2v) is 5.70.